The second-order valence-electron chi connectivity index (χ2n) is 7.86. The molecule has 0 saturated carbocycles. The Morgan fingerprint density at radius 2 is 1.70 bits per heavy atom. The van der Waals surface area contributed by atoms with Crippen LogP contribution in [0.25, 0.3) is 5.69 Å². The topological polar surface area (TPSA) is 88.1 Å². The second-order valence-corrected chi connectivity index (χ2v) is 9.82. The van der Waals surface area contributed by atoms with Crippen molar-refractivity contribution in [2.75, 3.05) is 13.1 Å². The second kappa shape index (κ2) is 8.57. The summed E-state index contributed by atoms with van der Waals surface area (Å²) in [6, 6.07) is 17.0. The number of H-pyrrole nitrogens is 1. The largest absolute Gasteiger partial charge is 0.347 e. The van der Waals surface area contributed by atoms with Gasteiger partial charge >= 0.3 is 5.69 Å². The highest BCUT2D eigenvalue weighted by atomic mass is 32.2. The van der Waals surface area contributed by atoms with Crippen LogP contribution in [0.4, 0.5) is 0 Å². The Labute approximate surface area is 176 Å². The zero-order valence-corrected chi connectivity index (χ0v) is 17.8. The van der Waals surface area contributed by atoms with Crippen LogP contribution in [-0.2, 0) is 22.2 Å². The number of aromatic nitrogens is 3. The molecule has 2 heterocycles. The molecule has 1 saturated heterocycles. The predicted molar refractivity (Wildman–Crippen MR) is 116 cm³/mol. The highest BCUT2D eigenvalue weighted by Crippen LogP contribution is 2.25. The molecule has 30 heavy (non-hydrogen) atoms. The number of hydrogen-bond donors (Lipinski definition) is 1. The Morgan fingerprint density at radius 1 is 1.03 bits per heavy atom. The van der Waals surface area contributed by atoms with Gasteiger partial charge in [0.05, 0.1) is 11.4 Å². The Bertz CT molecular complexity index is 1160. The lowest BCUT2D eigenvalue weighted by molar-refractivity contribution is 0.269. The monoisotopic (exact) mass is 426 g/mol. The Morgan fingerprint density at radius 3 is 2.40 bits per heavy atom. The van der Waals surface area contributed by atoms with Crippen LogP contribution in [-0.4, -0.2) is 40.6 Å². The Balaban J connectivity index is 1.43. The van der Waals surface area contributed by atoms with Gasteiger partial charge in [-0.15, -0.1) is 0 Å². The van der Waals surface area contributed by atoms with E-state index < -0.39 is 10.0 Å². The maximum atomic E-state index is 12.8. The SMILES string of the molecule is Cc1ccccc1-n1c(CC2CCN(S(=O)(=O)Cc3ccccc3)CC2)n[nH]c1=O. The summed E-state index contributed by atoms with van der Waals surface area (Å²) in [5, 5.41) is 6.81. The van der Waals surface area contributed by atoms with Crippen LogP contribution in [0, 0.1) is 12.8 Å². The molecule has 1 N–H and O–H groups in total. The molecule has 0 atom stereocenters. The third-order valence-corrected chi connectivity index (χ3v) is 7.58. The summed E-state index contributed by atoms with van der Waals surface area (Å²) in [6.07, 6.45) is 2.14. The number of rotatable bonds is 6. The number of nitrogens with zero attached hydrogens (tertiary/aromatic N) is 3. The first-order valence-electron chi connectivity index (χ1n) is 10.2. The lowest BCUT2D eigenvalue weighted by Crippen LogP contribution is -2.39. The van der Waals surface area contributed by atoms with E-state index in [9.17, 15) is 13.2 Å². The van der Waals surface area contributed by atoms with E-state index in [0.29, 0.717) is 25.3 Å². The van der Waals surface area contributed by atoms with E-state index >= 15 is 0 Å². The fourth-order valence-corrected chi connectivity index (χ4v) is 5.62. The minimum atomic E-state index is -3.33. The fourth-order valence-electron chi connectivity index (χ4n) is 4.06. The molecule has 0 bridgehead atoms. The van der Waals surface area contributed by atoms with Gasteiger partial charge in [-0.3, -0.25) is 0 Å². The fraction of sp³-hybridized carbons (Fsp3) is 0.364. The predicted octanol–water partition coefficient (Wildman–Crippen LogP) is 2.65. The van der Waals surface area contributed by atoms with Crippen molar-refractivity contribution in [2.24, 2.45) is 5.92 Å². The summed E-state index contributed by atoms with van der Waals surface area (Å²) >= 11 is 0. The van der Waals surface area contributed by atoms with Crippen molar-refractivity contribution >= 4 is 10.0 Å². The van der Waals surface area contributed by atoms with Gasteiger partial charge in [0.15, 0.2) is 0 Å². The summed E-state index contributed by atoms with van der Waals surface area (Å²) in [7, 11) is -3.33. The number of benzene rings is 2. The van der Waals surface area contributed by atoms with E-state index in [1.54, 1.807) is 8.87 Å². The van der Waals surface area contributed by atoms with E-state index in [4.69, 9.17) is 0 Å². The molecule has 1 aromatic heterocycles. The van der Waals surface area contributed by atoms with Gasteiger partial charge in [0, 0.05) is 19.5 Å². The third kappa shape index (κ3) is 4.39. The first kappa shape index (κ1) is 20.6. The van der Waals surface area contributed by atoms with Gasteiger partial charge in [0.2, 0.25) is 10.0 Å². The maximum absolute atomic E-state index is 12.8. The van der Waals surface area contributed by atoms with Crippen molar-refractivity contribution < 1.29 is 8.42 Å². The number of hydrogen-bond acceptors (Lipinski definition) is 4. The van der Waals surface area contributed by atoms with E-state index in [1.165, 1.54) is 0 Å². The molecule has 1 aliphatic heterocycles. The lowest BCUT2D eigenvalue weighted by atomic mass is 9.94. The van der Waals surface area contributed by atoms with E-state index in [-0.39, 0.29) is 17.4 Å². The average Bonchev–Trinajstić information content (AvgIpc) is 3.09. The van der Waals surface area contributed by atoms with Gasteiger partial charge < -0.3 is 0 Å². The van der Waals surface area contributed by atoms with E-state index in [2.05, 4.69) is 10.2 Å². The van der Waals surface area contributed by atoms with Crippen LogP contribution < -0.4 is 5.69 Å². The highest BCUT2D eigenvalue weighted by Gasteiger charge is 2.29. The zero-order chi connectivity index (χ0) is 21.1. The van der Waals surface area contributed by atoms with Gasteiger partial charge in [-0.1, -0.05) is 48.5 Å². The van der Waals surface area contributed by atoms with Crippen LogP contribution >= 0.6 is 0 Å². The van der Waals surface area contributed by atoms with Crippen molar-refractivity contribution in [1.82, 2.24) is 19.1 Å². The summed E-state index contributed by atoms with van der Waals surface area (Å²) in [6.45, 7) is 2.96. The lowest BCUT2D eigenvalue weighted by Gasteiger charge is -2.31. The molecule has 1 aliphatic rings. The van der Waals surface area contributed by atoms with Crippen molar-refractivity contribution in [2.45, 2.75) is 31.9 Å². The molecule has 4 rings (SSSR count). The molecule has 0 radical (unpaired) electrons. The van der Waals surface area contributed by atoms with Gasteiger partial charge in [-0.25, -0.2) is 27.2 Å². The van der Waals surface area contributed by atoms with Crippen molar-refractivity contribution in [3.63, 3.8) is 0 Å². The number of aromatic amines is 1. The molecule has 0 aliphatic carbocycles. The van der Waals surface area contributed by atoms with E-state index in [0.717, 1.165) is 29.7 Å². The summed E-state index contributed by atoms with van der Waals surface area (Å²) in [5.74, 6) is 1.01. The van der Waals surface area contributed by atoms with Crippen molar-refractivity contribution in [1.29, 1.82) is 0 Å². The number of para-hydroxylation sites is 1. The molecule has 7 nitrogen and oxygen atoms in total. The molecule has 0 amide bonds. The minimum absolute atomic E-state index is 0.0324. The normalized spacial score (nSPS) is 16.0. The smallest absolute Gasteiger partial charge is 0.247 e. The molecular formula is C22H26N4O3S. The van der Waals surface area contributed by atoms with Gasteiger partial charge in [-0.2, -0.15) is 5.10 Å². The zero-order valence-electron chi connectivity index (χ0n) is 17.0. The Hall–Kier alpha value is -2.71. The number of piperidine rings is 1. The summed E-state index contributed by atoms with van der Waals surface area (Å²) < 4.78 is 28.8. The first-order valence-corrected chi connectivity index (χ1v) is 11.8. The van der Waals surface area contributed by atoms with Crippen LogP contribution in [0.2, 0.25) is 0 Å². The van der Waals surface area contributed by atoms with E-state index in [1.807, 2.05) is 61.5 Å². The molecular weight excluding hydrogens is 400 g/mol. The number of sulfonamides is 1. The summed E-state index contributed by atoms with van der Waals surface area (Å²) in [5.41, 5.74) is 2.39. The maximum Gasteiger partial charge on any atom is 0.347 e. The molecule has 8 heteroatoms. The molecule has 0 spiro atoms. The van der Waals surface area contributed by atoms with Crippen LogP contribution in [0.1, 0.15) is 29.8 Å². The molecule has 3 aromatic rings. The van der Waals surface area contributed by atoms with Gasteiger partial charge in [0.25, 0.3) is 0 Å². The molecule has 0 unspecified atom stereocenters. The minimum Gasteiger partial charge on any atom is -0.247 e. The van der Waals surface area contributed by atoms with Crippen LogP contribution in [0.3, 0.4) is 0 Å². The highest BCUT2D eigenvalue weighted by molar-refractivity contribution is 7.88. The first-order chi connectivity index (χ1) is 14.4. The Kier molecular flexibility index (Phi) is 5.87. The molecule has 158 valence electrons. The van der Waals surface area contributed by atoms with Crippen molar-refractivity contribution in [3.8, 4) is 5.69 Å². The molecule has 2 aromatic carbocycles. The molecule has 1 fully saturated rings. The van der Waals surface area contributed by atoms with Gasteiger partial charge in [-0.05, 0) is 42.9 Å². The van der Waals surface area contributed by atoms with Gasteiger partial charge in [0.1, 0.15) is 5.82 Å². The number of nitrogens with one attached hydrogen (secondary N) is 1. The van der Waals surface area contributed by atoms with Crippen molar-refractivity contribution in [3.05, 3.63) is 82.0 Å². The van der Waals surface area contributed by atoms with Crippen LogP contribution in [0.15, 0.2) is 59.4 Å². The number of aryl methyl sites for hydroxylation is 1. The van der Waals surface area contributed by atoms with Crippen LogP contribution in [0.5, 0.6) is 0 Å². The summed E-state index contributed by atoms with van der Waals surface area (Å²) in [4.78, 5) is 12.3. The quantitative estimate of drug-likeness (QED) is 0.656. The third-order valence-electron chi connectivity index (χ3n) is 5.73. The standard InChI is InChI=1S/C22H26N4O3S/c1-17-7-5-6-10-20(17)26-21(23-24-22(26)27)15-18-11-13-25(14-12-18)30(28,29)16-19-8-3-2-4-9-19/h2-10,18H,11-16H2,1H3,(H,24,27). The average molecular weight is 427 g/mol.